The van der Waals surface area contributed by atoms with Crippen LogP contribution in [0, 0.1) is 0 Å². The second-order valence-corrected chi connectivity index (χ2v) is 5.22. The molecule has 0 saturated heterocycles. The number of nitrogens with zero attached hydrogens (tertiary/aromatic N) is 1. The number of thiocarbonyl (C=S) groups is 1. The molecule has 0 aliphatic carbocycles. The van der Waals surface area contributed by atoms with Crippen molar-refractivity contribution in [3.63, 3.8) is 0 Å². The summed E-state index contributed by atoms with van der Waals surface area (Å²) in [6, 6.07) is 7.17. The molecule has 1 aromatic carbocycles. The van der Waals surface area contributed by atoms with Crippen LogP contribution in [0.25, 0.3) is 0 Å². The van der Waals surface area contributed by atoms with E-state index in [0.717, 1.165) is 15.6 Å². The lowest BCUT2D eigenvalue weighted by Crippen LogP contribution is -2.06. The van der Waals surface area contributed by atoms with Crippen LogP contribution in [-0.4, -0.2) is 9.97 Å². The molecule has 88 valence electrons. The van der Waals surface area contributed by atoms with Crippen LogP contribution in [0.1, 0.15) is 9.88 Å². The fourth-order valence-corrected chi connectivity index (χ4v) is 2.15. The lowest BCUT2D eigenvalue weighted by Gasteiger charge is -2.03. The van der Waals surface area contributed by atoms with Gasteiger partial charge in [-0.1, -0.05) is 23.8 Å². The summed E-state index contributed by atoms with van der Waals surface area (Å²) in [5, 5.41) is 1.52. The second-order valence-electron chi connectivity index (χ2n) is 3.23. The molecule has 1 aromatic heterocycles. The Morgan fingerprint density at radius 1 is 1.41 bits per heavy atom. The van der Waals surface area contributed by atoms with Crippen LogP contribution < -0.4 is 10.5 Å². The van der Waals surface area contributed by atoms with Gasteiger partial charge < -0.3 is 10.5 Å². The molecule has 6 heteroatoms. The fraction of sp³-hybridized carbons (Fsp3) is 0.0909. The van der Waals surface area contributed by atoms with Crippen LogP contribution in [0.15, 0.2) is 30.5 Å². The highest BCUT2D eigenvalue weighted by Crippen LogP contribution is 2.18. The molecule has 2 N–H and O–H groups in total. The van der Waals surface area contributed by atoms with Gasteiger partial charge in [-0.2, -0.15) is 0 Å². The third-order valence-electron chi connectivity index (χ3n) is 1.97. The van der Waals surface area contributed by atoms with Gasteiger partial charge in [-0.05, 0) is 24.3 Å². The summed E-state index contributed by atoms with van der Waals surface area (Å²) in [6.07, 6.45) is 1.66. The molecule has 0 saturated carbocycles. The molecule has 1 heterocycles. The van der Waals surface area contributed by atoms with E-state index in [1.54, 1.807) is 18.3 Å². The molecule has 3 nitrogen and oxygen atoms in total. The minimum absolute atomic E-state index is 0.361. The lowest BCUT2D eigenvalue weighted by molar-refractivity contribution is 0.305. The number of benzene rings is 1. The van der Waals surface area contributed by atoms with Crippen molar-refractivity contribution in [2.45, 2.75) is 6.61 Å². The third-order valence-corrected chi connectivity index (χ3v) is 3.58. The molecule has 17 heavy (non-hydrogen) atoms. The zero-order valence-corrected chi connectivity index (χ0v) is 11.1. The quantitative estimate of drug-likeness (QED) is 0.877. The number of halogens is 1. The molecule has 0 spiro atoms. The zero-order chi connectivity index (χ0) is 12.3. The van der Waals surface area contributed by atoms with Crippen LogP contribution >= 0.6 is 35.2 Å². The number of aromatic nitrogens is 1. The Hall–Kier alpha value is -1.17. The van der Waals surface area contributed by atoms with Gasteiger partial charge in [-0.3, -0.25) is 0 Å². The summed E-state index contributed by atoms with van der Waals surface area (Å²) in [4.78, 5) is 5.33. The maximum absolute atomic E-state index is 5.77. The Labute approximate surface area is 113 Å². The fourth-order valence-electron chi connectivity index (χ4n) is 1.17. The Bertz CT molecular complexity index is 525. The number of hydrogen-bond donors (Lipinski definition) is 1. The van der Waals surface area contributed by atoms with Gasteiger partial charge in [-0.25, -0.2) is 4.98 Å². The zero-order valence-electron chi connectivity index (χ0n) is 8.72. The van der Waals surface area contributed by atoms with Crippen molar-refractivity contribution < 1.29 is 4.74 Å². The minimum atomic E-state index is 0.361. The van der Waals surface area contributed by atoms with Crippen molar-refractivity contribution in [3.05, 3.63) is 45.4 Å². The number of rotatable bonds is 4. The summed E-state index contributed by atoms with van der Waals surface area (Å²) in [5.74, 6) is 0.751. The van der Waals surface area contributed by atoms with Gasteiger partial charge in [0.15, 0.2) is 0 Å². The minimum Gasteiger partial charge on any atom is -0.486 e. The van der Waals surface area contributed by atoms with Gasteiger partial charge in [0.2, 0.25) is 0 Å². The normalized spacial score (nSPS) is 10.2. The molecular weight excluding hydrogens is 276 g/mol. The van der Waals surface area contributed by atoms with Gasteiger partial charge in [0.1, 0.15) is 22.4 Å². The largest absolute Gasteiger partial charge is 0.486 e. The summed E-state index contributed by atoms with van der Waals surface area (Å²) in [5.41, 5.74) is 5.50. The summed E-state index contributed by atoms with van der Waals surface area (Å²) >= 11 is 12.1. The van der Waals surface area contributed by atoms with E-state index in [4.69, 9.17) is 34.3 Å². The van der Waals surface area contributed by atoms with E-state index in [9.17, 15) is 0 Å². The predicted molar refractivity (Wildman–Crippen MR) is 73.8 cm³/mol. The van der Waals surface area contributed by atoms with E-state index in [1.807, 2.05) is 12.1 Å². The van der Waals surface area contributed by atoms with Crippen LogP contribution in [0.4, 0.5) is 0 Å². The Morgan fingerprint density at radius 2 is 2.12 bits per heavy atom. The smallest absolute Gasteiger partial charge is 0.140 e. The first-order chi connectivity index (χ1) is 8.15. The topological polar surface area (TPSA) is 48.1 Å². The molecule has 0 amide bonds. The number of thiazole rings is 1. The predicted octanol–water partition coefficient (Wildman–Crippen LogP) is 3.01. The highest BCUT2D eigenvalue weighted by Gasteiger charge is 2.04. The molecule has 0 atom stereocenters. The maximum atomic E-state index is 5.77. The number of hydrogen-bond acceptors (Lipinski definition) is 4. The first-order valence-electron chi connectivity index (χ1n) is 4.78. The first-order valence-corrected chi connectivity index (χ1v) is 6.38. The van der Waals surface area contributed by atoms with E-state index >= 15 is 0 Å². The van der Waals surface area contributed by atoms with Gasteiger partial charge >= 0.3 is 0 Å². The van der Waals surface area contributed by atoms with Crippen molar-refractivity contribution in [2.24, 2.45) is 5.73 Å². The molecule has 0 bridgehead atoms. The molecule has 0 fully saturated rings. The van der Waals surface area contributed by atoms with Crippen molar-refractivity contribution in [1.29, 1.82) is 0 Å². The average Bonchev–Trinajstić information content (AvgIpc) is 2.77. The van der Waals surface area contributed by atoms with Crippen molar-refractivity contribution in [1.82, 2.24) is 4.98 Å². The van der Waals surface area contributed by atoms with Crippen LogP contribution in [0.3, 0.4) is 0 Å². The van der Waals surface area contributed by atoms with Crippen LogP contribution in [0.5, 0.6) is 5.75 Å². The Balaban J connectivity index is 1.97. The van der Waals surface area contributed by atoms with Crippen LogP contribution in [0.2, 0.25) is 5.02 Å². The summed E-state index contributed by atoms with van der Waals surface area (Å²) in [6.45, 7) is 0.398. The highest BCUT2D eigenvalue weighted by atomic mass is 35.5. The van der Waals surface area contributed by atoms with E-state index in [0.29, 0.717) is 16.6 Å². The summed E-state index contributed by atoms with van der Waals surface area (Å²) in [7, 11) is 0. The second kappa shape index (κ2) is 5.44. The van der Waals surface area contributed by atoms with Gasteiger partial charge in [0, 0.05) is 11.2 Å². The third kappa shape index (κ3) is 3.39. The van der Waals surface area contributed by atoms with E-state index in [2.05, 4.69) is 4.98 Å². The molecule has 0 aliphatic heterocycles. The lowest BCUT2D eigenvalue weighted by atomic mass is 10.3. The Kier molecular flexibility index (Phi) is 3.93. The SMILES string of the molecule is NC(=S)c1cnc(COc2ccc(Cl)cc2)s1. The summed E-state index contributed by atoms with van der Waals surface area (Å²) < 4.78 is 5.55. The molecular formula is C11H9ClN2OS2. The van der Waals surface area contributed by atoms with E-state index in [1.165, 1.54) is 11.3 Å². The average molecular weight is 285 g/mol. The molecule has 2 rings (SSSR count). The van der Waals surface area contributed by atoms with Gasteiger partial charge in [0.05, 0.1) is 4.88 Å². The van der Waals surface area contributed by atoms with Crippen molar-refractivity contribution in [2.75, 3.05) is 0 Å². The van der Waals surface area contributed by atoms with Crippen LogP contribution in [-0.2, 0) is 6.61 Å². The number of ether oxygens (including phenoxy) is 1. The van der Waals surface area contributed by atoms with Crippen molar-refractivity contribution >= 4 is 40.1 Å². The van der Waals surface area contributed by atoms with Crippen molar-refractivity contribution in [3.8, 4) is 5.75 Å². The van der Waals surface area contributed by atoms with Gasteiger partial charge in [0.25, 0.3) is 0 Å². The van der Waals surface area contributed by atoms with Gasteiger partial charge in [-0.15, -0.1) is 11.3 Å². The monoisotopic (exact) mass is 284 g/mol. The number of nitrogens with two attached hydrogens (primary N) is 1. The van der Waals surface area contributed by atoms with E-state index < -0.39 is 0 Å². The first kappa shape index (κ1) is 12.3. The maximum Gasteiger partial charge on any atom is 0.140 e. The standard InChI is InChI=1S/C11H9ClN2OS2/c12-7-1-3-8(4-2-7)15-6-10-14-5-9(17-10)11(13)16/h1-5H,6H2,(H2,13,16). The molecule has 0 aliphatic rings. The highest BCUT2D eigenvalue weighted by molar-refractivity contribution is 7.81. The Morgan fingerprint density at radius 3 is 2.71 bits per heavy atom. The molecule has 0 radical (unpaired) electrons. The molecule has 2 aromatic rings. The van der Waals surface area contributed by atoms with E-state index in [-0.39, 0.29) is 0 Å². The molecule has 0 unspecified atom stereocenters.